The number of hydrogen-bond acceptors (Lipinski definition) is 3. The summed E-state index contributed by atoms with van der Waals surface area (Å²) in [6.07, 6.45) is 3.34. The number of rotatable bonds is 4. The van der Waals surface area contributed by atoms with Crippen LogP contribution >= 0.6 is 0 Å². The van der Waals surface area contributed by atoms with Gasteiger partial charge in [0.1, 0.15) is 0 Å². The van der Waals surface area contributed by atoms with Crippen molar-refractivity contribution in [2.24, 2.45) is 5.92 Å². The van der Waals surface area contributed by atoms with Crippen LogP contribution in [0, 0.1) is 12.8 Å². The zero-order valence-corrected chi connectivity index (χ0v) is 10.2. The van der Waals surface area contributed by atoms with E-state index in [-0.39, 0.29) is 0 Å². The van der Waals surface area contributed by atoms with E-state index in [2.05, 4.69) is 29.4 Å². The van der Waals surface area contributed by atoms with Crippen LogP contribution in [0.3, 0.4) is 0 Å². The molecule has 2 heterocycles. The van der Waals surface area contributed by atoms with Gasteiger partial charge < -0.3 is 10.1 Å². The molecule has 1 aromatic rings. The molecule has 1 aliphatic rings. The largest absolute Gasteiger partial charge is 0.381 e. The molecular formula is C12H21N3O. The minimum absolute atomic E-state index is 0.731. The molecule has 0 saturated carbocycles. The van der Waals surface area contributed by atoms with Crippen molar-refractivity contribution >= 4 is 5.82 Å². The van der Waals surface area contributed by atoms with Gasteiger partial charge in [-0.3, -0.25) is 5.10 Å². The fraction of sp³-hybridized carbons (Fsp3) is 0.750. The summed E-state index contributed by atoms with van der Waals surface area (Å²) in [6.45, 7) is 7.09. The second kappa shape index (κ2) is 5.34. The van der Waals surface area contributed by atoms with Crippen molar-refractivity contribution in [1.29, 1.82) is 0 Å². The predicted molar refractivity (Wildman–Crippen MR) is 64.7 cm³/mol. The van der Waals surface area contributed by atoms with Crippen molar-refractivity contribution in [2.75, 3.05) is 25.1 Å². The van der Waals surface area contributed by atoms with E-state index in [9.17, 15) is 0 Å². The zero-order valence-electron chi connectivity index (χ0n) is 10.2. The first kappa shape index (κ1) is 11.5. The van der Waals surface area contributed by atoms with E-state index < -0.39 is 0 Å². The van der Waals surface area contributed by atoms with Gasteiger partial charge in [-0.15, -0.1) is 0 Å². The van der Waals surface area contributed by atoms with Gasteiger partial charge in [0.05, 0.1) is 0 Å². The molecule has 2 rings (SSSR count). The molecule has 4 heteroatoms. The first-order valence-corrected chi connectivity index (χ1v) is 6.16. The molecular weight excluding hydrogens is 202 g/mol. The Morgan fingerprint density at radius 2 is 2.19 bits per heavy atom. The van der Waals surface area contributed by atoms with Gasteiger partial charge in [0, 0.05) is 31.0 Å². The van der Waals surface area contributed by atoms with Crippen molar-refractivity contribution in [3.63, 3.8) is 0 Å². The molecule has 16 heavy (non-hydrogen) atoms. The van der Waals surface area contributed by atoms with E-state index in [0.29, 0.717) is 0 Å². The first-order valence-electron chi connectivity index (χ1n) is 6.16. The molecule has 4 nitrogen and oxygen atoms in total. The standard InChI is InChI=1S/C12H21N3O/c1-3-11-9(2)12(15-14-11)13-8-10-4-6-16-7-5-10/h10H,3-8H2,1-2H3,(H2,13,14,15). The lowest BCUT2D eigenvalue weighted by Crippen LogP contribution is -2.22. The Bertz CT molecular complexity index is 329. The van der Waals surface area contributed by atoms with Crippen molar-refractivity contribution in [3.8, 4) is 0 Å². The quantitative estimate of drug-likeness (QED) is 0.822. The number of nitrogens with zero attached hydrogens (tertiary/aromatic N) is 1. The molecule has 0 aromatic carbocycles. The van der Waals surface area contributed by atoms with Crippen LogP contribution in [0.4, 0.5) is 5.82 Å². The third-order valence-electron chi connectivity index (χ3n) is 3.36. The number of aromatic nitrogens is 2. The molecule has 1 fully saturated rings. The minimum atomic E-state index is 0.731. The highest BCUT2D eigenvalue weighted by molar-refractivity contribution is 5.45. The van der Waals surface area contributed by atoms with Crippen LogP contribution in [0.1, 0.15) is 31.0 Å². The monoisotopic (exact) mass is 223 g/mol. The summed E-state index contributed by atoms with van der Waals surface area (Å²) in [5, 5.41) is 10.8. The average molecular weight is 223 g/mol. The average Bonchev–Trinajstić information content (AvgIpc) is 2.69. The summed E-state index contributed by atoms with van der Waals surface area (Å²) in [5.41, 5.74) is 2.49. The van der Waals surface area contributed by atoms with Gasteiger partial charge in [-0.2, -0.15) is 5.10 Å². The number of anilines is 1. The minimum Gasteiger partial charge on any atom is -0.381 e. The van der Waals surface area contributed by atoms with Gasteiger partial charge in [0.2, 0.25) is 0 Å². The Balaban J connectivity index is 1.86. The van der Waals surface area contributed by atoms with Crippen LogP contribution in [0.25, 0.3) is 0 Å². The molecule has 1 aliphatic heterocycles. The van der Waals surface area contributed by atoms with Crippen molar-refractivity contribution < 1.29 is 4.74 Å². The second-order valence-electron chi connectivity index (χ2n) is 4.47. The second-order valence-corrected chi connectivity index (χ2v) is 4.47. The number of hydrogen-bond donors (Lipinski definition) is 2. The van der Waals surface area contributed by atoms with E-state index in [0.717, 1.165) is 50.8 Å². The molecule has 0 bridgehead atoms. The summed E-state index contributed by atoms with van der Waals surface area (Å²) in [7, 11) is 0. The third kappa shape index (κ3) is 2.55. The molecule has 90 valence electrons. The van der Waals surface area contributed by atoms with E-state index in [1.54, 1.807) is 0 Å². The number of H-pyrrole nitrogens is 1. The topological polar surface area (TPSA) is 49.9 Å². The van der Waals surface area contributed by atoms with Gasteiger partial charge in [-0.1, -0.05) is 6.92 Å². The Labute approximate surface area is 96.8 Å². The summed E-state index contributed by atoms with van der Waals surface area (Å²) < 4.78 is 5.35. The highest BCUT2D eigenvalue weighted by Crippen LogP contribution is 2.18. The molecule has 0 spiro atoms. The lowest BCUT2D eigenvalue weighted by Gasteiger charge is -2.22. The maximum absolute atomic E-state index is 5.35. The smallest absolute Gasteiger partial charge is 0.150 e. The zero-order chi connectivity index (χ0) is 11.4. The first-order chi connectivity index (χ1) is 7.81. The SMILES string of the molecule is CCc1[nH]nc(NCC2CCOCC2)c1C. The fourth-order valence-electron chi connectivity index (χ4n) is 2.14. The third-order valence-corrected chi connectivity index (χ3v) is 3.36. The lowest BCUT2D eigenvalue weighted by molar-refractivity contribution is 0.0699. The summed E-state index contributed by atoms with van der Waals surface area (Å²) in [6, 6.07) is 0. The molecule has 2 N–H and O–H groups in total. The molecule has 1 aromatic heterocycles. The number of aromatic amines is 1. The highest BCUT2D eigenvalue weighted by atomic mass is 16.5. The van der Waals surface area contributed by atoms with Gasteiger partial charge in [-0.05, 0) is 32.1 Å². The van der Waals surface area contributed by atoms with Crippen LogP contribution in [0.15, 0.2) is 0 Å². The summed E-state index contributed by atoms with van der Waals surface area (Å²) in [5.74, 6) is 1.75. The van der Waals surface area contributed by atoms with E-state index in [1.807, 2.05) is 0 Å². The van der Waals surface area contributed by atoms with Crippen LogP contribution in [0.2, 0.25) is 0 Å². The van der Waals surface area contributed by atoms with Crippen LogP contribution in [-0.4, -0.2) is 30.0 Å². The maximum atomic E-state index is 5.35. The number of ether oxygens (including phenoxy) is 1. The molecule has 0 amide bonds. The fourth-order valence-corrected chi connectivity index (χ4v) is 2.14. The lowest BCUT2D eigenvalue weighted by atomic mass is 10.0. The van der Waals surface area contributed by atoms with Crippen LogP contribution < -0.4 is 5.32 Å². The molecule has 0 atom stereocenters. The molecule has 1 saturated heterocycles. The van der Waals surface area contributed by atoms with Gasteiger partial charge in [0.25, 0.3) is 0 Å². The Morgan fingerprint density at radius 1 is 1.44 bits per heavy atom. The predicted octanol–water partition coefficient (Wildman–Crippen LogP) is 2.12. The Hall–Kier alpha value is -1.03. The van der Waals surface area contributed by atoms with E-state index in [1.165, 1.54) is 11.3 Å². The van der Waals surface area contributed by atoms with E-state index in [4.69, 9.17) is 4.74 Å². The number of aryl methyl sites for hydroxylation is 1. The van der Waals surface area contributed by atoms with Crippen molar-refractivity contribution in [2.45, 2.75) is 33.1 Å². The normalized spacial score (nSPS) is 17.6. The van der Waals surface area contributed by atoms with Crippen molar-refractivity contribution in [3.05, 3.63) is 11.3 Å². The maximum Gasteiger partial charge on any atom is 0.150 e. The number of nitrogens with one attached hydrogen (secondary N) is 2. The van der Waals surface area contributed by atoms with Crippen LogP contribution in [-0.2, 0) is 11.2 Å². The summed E-state index contributed by atoms with van der Waals surface area (Å²) in [4.78, 5) is 0. The van der Waals surface area contributed by atoms with Gasteiger partial charge in [-0.25, -0.2) is 0 Å². The van der Waals surface area contributed by atoms with Gasteiger partial charge in [0.15, 0.2) is 5.82 Å². The molecule has 0 aliphatic carbocycles. The van der Waals surface area contributed by atoms with Gasteiger partial charge >= 0.3 is 0 Å². The summed E-state index contributed by atoms with van der Waals surface area (Å²) >= 11 is 0. The van der Waals surface area contributed by atoms with E-state index >= 15 is 0 Å². The molecule has 0 radical (unpaired) electrons. The Kier molecular flexibility index (Phi) is 3.83. The highest BCUT2D eigenvalue weighted by Gasteiger charge is 2.14. The molecule has 0 unspecified atom stereocenters. The van der Waals surface area contributed by atoms with Crippen molar-refractivity contribution in [1.82, 2.24) is 10.2 Å². The van der Waals surface area contributed by atoms with Crippen LogP contribution in [0.5, 0.6) is 0 Å². The Morgan fingerprint density at radius 3 is 2.81 bits per heavy atom.